The molecule has 0 saturated heterocycles. The first-order valence-electron chi connectivity index (χ1n) is 12.6. The van der Waals surface area contributed by atoms with Gasteiger partial charge in [-0.3, -0.25) is 14.4 Å². The zero-order valence-electron chi connectivity index (χ0n) is 22.7. The van der Waals surface area contributed by atoms with Gasteiger partial charge in [0.1, 0.15) is 11.4 Å². The van der Waals surface area contributed by atoms with Gasteiger partial charge in [0.2, 0.25) is 0 Å². The van der Waals surface area contributed by atoms with Crippen molar-refractivity contribution >= 4 is 17.3 Å². The zero-order valence-corrected chi connectivity index (χ0v) is 22.7. The molecule has 1 heterocycles. The monoisotopic (exact) mass is 466 g/mol. The number of ketones is 3. The molecule has 34 heavy (non-hydrogen) atoms. The van der Waals surface area contributed by atoms with Crippen LogP contribution in [0.5, 0.6) is 0 Å². The fourth-order valence-electron chi connectivity index (χ4n) is 6.25. The predicted molar refractivity (Wildman–Crippen MR) is 136 cm³/mol. The number of Topliss-reactive ketones (excluding diaryl/α,β-unsaturated/α-hetero) is 3. The van der Waals surface area contributed by atoms with E-state index in [4.69, 9.17) is 4.74 Å². The molecule has 186 valence electrons. The zero-order chi connectivity index (χ0) is 25.9. The molecule has 0 aromatic rings. The van der Waals surface area contributed by atoms with Crippen molar-refractivity contribution in [3.05, 3.63) is 46.8 Å². The lowest BCUT2D eigenvalue weighted by molar-refractivity contribution is -0.180. The Morgan fingerprint density at radius 2 is 1.65 bits per heavy atom. The van der Waals surface area contributed by atoms with Gasteiger partial charge in [-0.15, -0.1) is 0 Å². The molecule has 1 aliphatic heterocycles. The predicted octanol–water partition coefficient (Wildman–Crippen LogP) is 6.71. The molecule has 0 aromatic heterocycles. The molecule has 0 N–H and O–H groups in total. The van der Waals surface area contributed by atoms with Crippen LogP contribution in [0.4, 0.5) is 0 Å². The third kappa shape index (κ3) is 3.69. The van der Waals surface area contributed by atoms with Crippen LogP contribution in [-0.2, 0) is 19.1 Å². The van der Waals surface area contributed by atoms with Gasteiger partial charge in [0.15, 0.2) is 22.8 Å². The lowest BCUT2D eigenvalue weighted by Crippen LogP contribution is -2.71. The van der Waals surface area contributed by atoms with E-state index in [1.807, 2.05) is 47.6 Å². The molecule has 4 heteroatoms. The summed E-state index contributed by atoms with van der Waals surface area (Å²) in [6.45, 7) is 19.5. The van der Waals surface area contributed by atoms with E-state index in [1.54, 1.807) is 19.9 Å². The maximum atomic E-state index is 14.6. The summed E-state index contributed by atoms with van der Waals surface area (Å²) in [6.07, 6.45) is 9.69. The second-order valence-corrected chi connectivity index (χ2v) is 12.4. The molecule has 2 aliphatic carbocycles. The molecular weight excluding hydrogens is 424 g/mol. The molecule has 1 fully saturated rings. The summed E-state index contributed by atoms with van der Waals surface area (Å²) in [5.74, 6) is -0.941. The number of fused-ring (bicyclic) bond motifs is 3. The fraction of sp³-hybridized carbons (Fsp3) is 0.633. The van der Waals surface area contributed by atoms with Crippen LogP contribution >= 0.6 is 0 Å². The van der Waals surface area contributed by atoms with Gasteiger partial charge < -0.3 is 4.74 Å². The first kappa shape index (κ1) is 26.4. The Bertz CT molecular complexity index is 1040. The number of hydrogen-bond donors (Lipinski definition) is 0. The van der Waals surface area contributed by atoms with Crippen LogP contribution in [0.25, 0.3) is 0 Å². The van der Waals surface area contributed by atoms with Gasteiger partial charge >= 0.3 is 0 Å². The standard InChI is InChI=1S/C30H42O4/c1-18(2)11-12-21-17-28(9)25-22(14-15-27(7,8)34-25)24(32)30(26(28)33,23(31)20(5)6)29(21,10)16-13-19(3)4/h11,13-15,20-21H,12,16-17H2,1-10H3/t21-,28+,29+,30-/m1/s1. The van der Waals surface area contributed by atoms with E-state index in [9.17, 15) is 14.4 Å². The summed E-state index contributed by atoms with van der Waals surface area (Å²) < 4.78 is 6.35. The molecule has 0 radical (unpaired) electrons. The highest BCUT2D eigenvalue weighted by Crippen LogP contribution is 2.67. The Balaban J connectivity index is 2.42. The number of rotatable bonds is 6. The normalized spacial score (nSPS) is 33.9. The number of carbonyl (C=O) groups is 3. The maximum Gasteiger partial charge on any atom is 0.187 e. The fourth-order valence-corrected chi connectivity index (χ4v) is 6.25. The molecule has 4 atom stereocenters. The molecule has 4 nitrogen and oxygen atoms in total. The Labute approximate surface area is 205 Å². The smallest absolute Gasteiger partial charge is 0.187 e. The van der Waals surface area contributed by atoms with Crippen LogP contribution in [0.2, 0.25) is 0 Å². The molecule has 3 rings (SSSR count). The Hall–Kier alpha value is -2.23. The first-order chi connectivity index (χ1) is 15.5. The average molecular weight is 467 g/mol. The third-order valence-electron chi connectivity index (χ3n) is 8.24. The van der Waals surface area contributed by atoms with E-state index >= 15 is 0 Å². The number of hydrogen-bond acceptors (Lipinski definition) is 4. The molecule has 0 unspecified atom stereocenters. The van der Waals surface area contributed by atoms with Gasteiger partial charge in [-0.1, -0.05) is 44.1 Å². The Morgan fingerprint density at radius 3 is 2.18 bits per heavy atom. The summed E-state index contributed by atoms with van der Waals surface area (Å²) in [4.78, 5) is 43.3. The lowest BCUT2D eigenvalue weighted by Gasteiger charge is -2.61. The van der Waals surface area contributed by atoms with Gasteiger partial charge in [0.25, 0.3) is 0 Å². The largest absolute Gasteiger partial charge is 0.486 e. The second kappa shape index (κ2) is 8.46. The van der Waals surface area contributed by atoms with Crippen LogP contribution < -0.4 is 0 Å². The van der Waals surface area contributed by atoms with Gasteiger partial charge in [-0.25, -0.2) is 0 Å². The van der Waals surface area contributed by atoms with Crippen LogP contribution in [0.1, 0.15) is 88.5 Å². The van der Waals surface area contributed by atoms with Crippen LogP contribution in [-0.4, -0.2) is 23.0 Å². The van der Waals surface area contributed by atoms with Crippen LogP contribution in [0.3, 0.4) is 0 Å². The van der Waals surface area contributed by atoms with Gasteiger partial charge in [0.05, 0.1) is 11.0 Å². The van der Waals surface area contributed by atoms with Crippen molar-refractivity contribution in [2.24, 2.45) is 28.1 Å². The van der Waals surface area contributed by atoms with Crippen molar-refractivity contribution in [2.75, 3.05) is 0 Å². The third-order valence-corrected chi connectivity index (χ3v) is 8.24. The molecule has 0 spiro atoms. The summed E-state index contributed by atoms with van der Waals surface area (Å²) in [5.41, 5.74) is -1.52. The van der Waals surface area contributed by atoms with E-state index in [-0.39, 0.29) is 23.3 Å². The molecule has 0 amide bonds. The van der Waals surface area contributed by atoms with E-state index in [2.05, 4.69) is 26.0 Å². The van der Waals surface area contributed by atoms with Crippen LogP contribution in [0.15, 0.2) is 46.8 Å². The molecule has 1 saturated carbocycles. The number of ether oxygens (including phenoxy) is 1. The summed E-state index contributed by atoms with van der Waals surface area (Å²) in [6, 6.07) is 0. The minimum atomic E-state index is -1.73. The SMILES string of the molecule is CC(C)=CC[C@@H]1C[C@]2(C)C(=O)[C@@](C(=O)C(C)C)(C(=O)C3=C2OC(C)(C)C=C3)[C@@]1(C)CC=C(C)C. The lowest BCUT2D eigenvalue weighted by atomic mass is 9.38. The van der Waals surface area contributed by atoms with Gasteiger partial charge in [-0.2, -0.15) is 0 Å². The van der Waals surface area contributed by atoms with E-state index in [0.29, 0.717) is 30.6 Å². The first-order valence-corrected chi connectivity index (χ1v) is 12.6. The van der Waals surface area contributed by atoms with Gasteiger partial charge in [0, 0.05) is 11.3 Å². The van der Waals surface area contributed by atoms with E-state index in [0.717, 1.165) is 5.57 Å². The Morgan fingerprint density at radius 1 is 1.06 bits per heavy atom. The van der Waals surface area contributed by atoms with Crippen LogP contribution in [0, 0.1) is 28.1 Å². The molecular formula is C30H42O4. The summed E-state index contributed by atoms with van der Waals surface area (Å²) in [5, 5.41) is 0. The highest BCUT2D eigenvalue weighted by atomic mass is 16.5. The molecule has 0 aromatic carbocycles. The maximum absolute atomic E-state index is 14.6. The number of carbonyl (C=O) groups excluding carboxylic acids is 3. The quantitative estimate of drug-likeness (QED) is 0.322. The highest BCUT2D eigenvalue weighted by molar-refractivity contribution is 6.34. The minimum Gasteiger partial charge on any atom is -0.486 e. The molecule has 2 bridgehead atoms. The van der Waals surface area contributed by atoms with Crippen molar-refractivity contribution < 1.29 is 19.1 Å². The molecule has 3 aliphatic rings. The van der Waals surface area contributed by atoms with Crippen molar-refractivity contribution in [1.82, 2.24) is 0 Å². The average Bonchev–Trinajstić information content (AvgIpc) is 2.72. The highest BCUT2D eigenvalue weighted by Gasteiger charge is 2.75. The Kier molecular flexibility index (Phi) is 6.56. The number of allylic oxidation sites excluding steroid dienone is 7. The van der Waals surface area contributed by atoms with Crippen molar-refractivity contribution in [2.45, 2.75) is 94.1 Å². The van der Waals surface area contributed by atoms with Crippen molar-refractivity contribution in [1.29, 1.82) is 0 Å². The van der Waals surface area contributed by atoms with Crippen molar-refractivity contribution in [3.63, 3.8) is 0 Å². The summed E-state index contributed by atoms with van der Waals surface area (Å²) >= 11 is 0. The summed E-state index contributed by atoms with van der Waals surface area (Å²) in [7, 11) is 0. The van der Waals surface area contributed by atoms with Crippen molar-refractivity contribution in [3.8, 4) is 0 Å². The van der Waals surface area contributed by atoms with E-state index < -0.39 is 27.8 Å². The minimum absolute atomic E-state index is 0.0426. The topological polar surface area (TPSA) is 60.4 Å². The van der Waals surface area contributed by atoms with E-state index in [1.165, 1.54) is 5.57 Å². The van der Waals surface area contributed by atoms with Gasteiger partial charge in [-0.05, 0) is 85.8 Å². The second-order valence-electron chi connectivity index (χ2n) is 12.4.